The van der Waals surface area contributed by atoms with E-state index in [1.165, 1.54) is 6.08 Å². The molecule has 0 spiro atoms. The molecule has 1 aromatic heterocycles. The van der Waals surface area contributed by atoms with Crippen LogP contribution in [0.3, 0.4) is 0 Å². The van der Waals surface area contributed by atoms with Crippen LogP contribution >= 0.6 is 0 Å². The number of nitrogens with zero attached hydrogens (tertiary/aromatic N) is 2. The van der Waals surface area contributed by atoms with Gasteiger partial charge in [-0.2, -0.15) is 5.10 Å². The third-order valence-electron chi connectivity index (χ3n) is 2.99. The Morgan fingerprint density at radius 1 is 1.61 bits per heavy atom. The number of nitrogens with one attached hydrogen (secondary N) is 1. The van der Waals surface area contributed by atoms with Gasteiger partial charge < -0.3 is 5.32 Å². The predicted octanol–water partition coefficient (Wildman–Crippen LogP) is 1.16. The summed E-state index contributed by atoms with van der Waals surface area (Å²) in [7, 11) is 1.82. The van der Waals surface area contributed by atoms with Crippen LogP contribution in [-0.4, -0.2) is 16.8 Å². The van der Waals surface area contributed by atoms with Gasteiger partial charge in [0.1, 0.15) is 5.83 Å². The molecule has 1 N–H and O–H groups in total. The van der Waals surface area contributed by atoms with E-state index < -0.39 is 0 Å². The Hall–Kier alpha value is -2.10. The molecule has 1 unspecified atom stereocenters. The lowest BCUT2D eigenvalue weighted by molar-refractivity contribution is 0.497. The van der Waals surface area contributed by atoms with Gasteiger partial charge in [-0.3, -0.25) is 4.68 Å². The molecule has 0 saturated heterocycles. The summed E-state index contributed by atoms with van der Waals surface area (Å²) < 4.78 is 15.0. The van der Waals surface area contributed by atoms with Crippen molar-refractivity contribution in [2.75, 3.05) is 7.05 Å². The van der Waals surface area contributed by atoms with Gasteiger partial charge in [-0.05, 0) is 24.1 Å². The van der Waals surface area contributed by atoms with Crippen molar-refractivity contribution in [1.82, 2.24) is 15.1 Å². The van der Waals surface area contributed by atoms with Gasteiger partial charge in [0.2, 0.25) is 0 Å². The largest absolute Gasteiger partial charge is 0.393 e. The Morgan fingerprint density at radius 3 is 3.06 bits per heavy atom. The molecule has 1 atom stereocenters. The predicted molar refractivity (Wildman–Crippen MR) is 71.6 cm³/mol. The van der Waals surface area contributed by atoms with Crippen LogP contribution in [-0.2, 0) is 0 Å². The lowest BCUT2D eigenvalue weighted by atomic mass is 9.98. The van der Waals surface area contributed by atoms with Crippen LogP contribution < -0.4 is 15.9 Å². The zero-order valence-electron chi connectivity index (χ0n) is 10.4. The van der Waals surface area contributed by atoms with E-state index >= 15 is 0 Å². The number of allylic oxidation sites excluding steroid dienone is 5. The van der Waals surface area contributed by atoms with Gasteiger partial charge in [-0.25, -0.2) is 4.39 Å². The van der Waals surface area contributed by atoms with Crippen LogP contribution in [0.2, 0.25) is 0 Å². The average Bonchev–Trinajstić information content (AvgIpc) is 2.72. The Morgan fingerprint density at radius 2 is 2.39 bits per heavy atom. The molecule has 1 aliphatic rings. The van der Waals surface area contributed by atoms with E-state index in [-0.39, 0.29) is 11.9 Å². The summed E-state index contributed by atoms with van der Waals surface area (Å²) in [5, 5.41) is 9.00. The zero-order valence-corrected chi connectivity index (χ0v) is 10.4. The first-order valence-corrected chi connectivity index (χ1v) is 5.77. The molecule has 0 bridgehead atoms. The van der Waals surface area contributed by atoms with Gasteiger partial charge in [0.05, 0.1) is 17.6 Å². The molecule has 0 aliphatic heterocycles. The Balaban J connectivity index is 2.45. The van der Waals surface area contributed by atoms with E-state index in [2.05, 4.69) is 23.6 Å². The Labute approximate surface area is 105 Å². The van der Waals surface area contributed by atoms with Crippen molar-refractivity contribution in [2.24, 2.45) is 0 Å². The van der Waals surface area contributed by atoms with E-state index in [9.17, 15) is 4.39 Å². The van der Waals surface area contributed by atoms with Crippen LogP contribution in [0, 0.1) is 0 Å². The number of halogens is 1. The Bertz CT molecular complexity index is 622. The lowest BCUT2D eigenvalue weighted by Crippen LogP contribution is -2.32. The van der Waals surface area contributed by atoms with Crippen molar-refractivity contribution in [1.29, 1.82) is 0 Å². The topological polar surface area (TPSA) is 29.9 Å². The summed E-state index contributed by atoms with van der Waals surface area (Å²) in [6.45, 7) is 7.74. The highest BCUT2D eigenvalue weighted by Gasteiger charge is 2.19. The first-order chi connectivity index (χ1) is 8.67. The molecule has 94 valence electrons. The summed E-state index contributed by atoms with van der Waals surface area (Å²) in [5.41, 5.74) is 0.819. The fraction of sp³-hybridized carbons (Fsp3) is 0.214. The molecule has 2 rings (SSSR count). The third-order valence-corrected chi connectivity index (χ3v) is 2.99. The van der Waals surface area contributed by atoms with Crippen molar-refractivity contribution < 1.29 is 4.39 Å². The SMILES string of the molecule is C=CC1=CC(F)=CCC1n1nc/c(=C/NC)c1=C. The minimum atomic E-state index is -0.221. The van der Waals surface area contributed by atoms with Crippen molar-refractivity contribution in [3.63, 3.8) is 0 Å². The maximum absolute atomic E-state index is 13.2. The van der Waals surface area contributed by atoms with E-state index in [0.29, 0.717) is 6.42 Å². The summed E-state index contributed by atoms with van der Waals surface area (Å²) in [6.07, 6.45) is 8.85. The van der Waals surface area contributed by atoms with Crippen LogP contribution in [0.25, 0.3) is 12.8 Å². The third kappa shape index (κ3) is 2.14. The highest BCUT2D eigenvalue weighted by atomic mass is 19.1. The zero-order chi connectivity index (χ0) is 13.1. The standard InChI is InChI=1S/C14H16FN3/c1-4-11-7-13(15)5-6-14(11)18-10(2)12(8-16-3)9-17-18/h4-5,7-9,14,16H,1-2,6H2,3H3/b12-8-. The maximum atomic E-state index is 13.2. The molecule has 1 aliphatic carbocycles. The van der Waals surface area contributed by atoms with E-state index in [1.807, 2.05) is 13.2 Å². The highest BCUT2D eigenvalue weighted by Crippen LogP contribution is 2.27. The molecule has 18 heavy (non-hydrogen) atoms. The summed E-state index contributed by atoms with van der Waals surface area (Å²) in [6, 6.07) is -0.0338. The summed E-state index contributed by atoms with van der Waals surface area (Å²) >= 11 is 0. The van der Waals surface area contributed by atoms with E-state index in [1.54, 1.807) is 23.0 Å². The monoisotopic (exact) mass is 245 g/mol. The fourth-order valence-corrected chi connectivity index (χ4v) is 2.06. The van der Waals surface area contributed by atoms with Gasteiger partial charge >= 0.3 is 0 Å². The summed E-state index contributed by atoms with van der Waals surface area (Å²) in [4.78, 5) is 0. The second-order valence-corrected chi connectivity index (χ2v) is 4.11. The van der Waals surface area contributed by atoms with Gasteiger partial charge in [0, 0.05) is 18.5 Å². The normalized spacial score (nSPS) is 20.3. The van der Waals surface area contributed by atoms with E-state index in [4.69, 9.17) is 0 Å². The number of aromatic nitrogens is 2. The number of rotatable bonds is 3. The highest BCUT2D eigenvalue weighted by molar-refractivity contribution is 5.34. The molecule has 4 heteroatoms. The minimum absolute atomic E-state index is 0.0338. The Kier molecular flexibility index (Phi) is 3.46. The van der Waals surface area contributed by atoms with Crippen molar-refractivity contribution >= 4 is 12.8 Å². The molecule has 0 radical (unpaired) electrons. The quantitative estimate of drug-likeness (QED) is 0.866. The molecule has 0 amide bonds. The first kappa shape index (κ1) is 12.4. The molecule has 0 fully saturated rings. The van der Waals surface area contributed by atoms with Crippen LogP contribution in [0.1, 0.15) is 12.5 Å². The van der Waals surface area contributed by atoms with Crippen molar-refractivity contribution in [3.8, 4) is 0 Å². The number of hydrogen-bond donors (Lipinski definition) is 1. The molecule has 0 saturated carbocycles. The van der Waals surface area contributed by atoms with Gasteiger partial charge in [0.25, 0.3) is 0 Å². The fourth-order valence-electron chi connectivity index (χ4n) is 2.06. The van der Waals surface area contributed by atoms with Gasteiger partial charge in [-0.1, -0.05) is 19.2 Å². The molecular weight excluding hydrogens is 229 g/mol. The second kappa shape index (κ2) is 5.04. The molecular formula is C14H16FN3. The molecule has 1 heterocycles. The van der Waals surface area contributed by atoms with E-state index in [0.717, 1.165) is 16.1 Å². The average molecular weight is 245 g/mol. The maximum Gasteiger partial charge on any atom is 0.119 e. The number of hydrogen-bond acceptors (Lipinski definition) is 2. The molecule has 0 aromatic carbocycles. The van der Waals surface area contributed by atoms with Gasteiger partial charge in [0.15, 0.2) is 0 Å². The van der Waals surface area contributed by atoms with Gasteiger partial charge in [-0.15, -0.1) is 0 Å². The van der Waals surface area contributed by atoms with Crippen LogP contribution in [0.15, 0.2) is 42.4 Å². The molecule has 1 aromatic rings. The van der Waals surface area contributed by atoms with Crippen LogP contribution in [0.4, 0.5) is 4.39 Å². The smallest absolute Gasteiger partial charge is 0.119 e. The first-order valence-electron chi connectivity index (χ1n) is 5.77. The molecule has 3 nitrogen and oxygen atoms in total. The second-order valence-electron chi connectivity index (χ2n) is 4.11. The minimum Gasteiger partial charge on any atom is -0.393 e. The van der Waals surface area contributed by atoms with Crippen LogP contribution in [0.5, 0.6) is 0 Å². The summed E-state index contributed by atoms with van der Waals surface area (Å²) in [5.74, 6) is -0.221. The lowest BCUT2D eigenvalue weighted by Gasteiger charge is -2.20. The van der Waals surface area contributed by atoms with Crippen molar-refractivity contribution in [3.05, 3.63) is 53.0 Å². The van der Waals surface area contributed by atoms with Crippen molar-refractivity contribution in [2.45, 2.75) is 12.5 Å².